The topological polar surface area (TPSA) is 70.4 Å². The van der Waals surface area contributed by atoms with Crippen molar-refractivity contribution in [2.45, 2.75) is 70.9 Å². The van der Waals surface area contributed by atoms with Crippen molar-refractivity contribution in [2.75, 3.05) is 31.1 Å². The summed E-state index contributed by atoms with van der Waals surface area (Å²) >= 11 is 0. The zero-order chi connectivity index (χ0) is 22.2. The number of hydrogen-bond acceptors (Lipinski definition) is 4. The van der Waals surface area contributed by atoms with Crippen molar-refractivity contribution >= 4 is 35.6 Å². The Kier molecular flexibility index (Phi) is 10.2. The maximum atomic E-state index is 13.6. The van der Waals surface area contributed by atoms with Crippen molar-refractivity contribution in [1.29, 1.82) is 0 Å². The minimum atomic E-state index is -0.183. The highest BCUT2D eigenvalue weighted by Gasteiger charge is 2.21. The molecule has 2 N–H and O–H groups in total. The number of benzene rings is 1. The van der Waals surface area contributed by atoms with E-state index in [1.165, 1.54) is 25.3 Å². The SMILES string of the molecule is CCNC(=NCCCc1nnc2n1CCCCC2)NC1CCCN(c2cccc(F)c2)C1.I. The molecule has 0 amide bonds. The molecule has 0 aliphatic carbocycles. The van der Waals surface area contributed by atoms with E-state index < -0.39 is 0 Å². The maximum absolute atomic E-state index is 13.6. The van der Waals surface area contributed by atoms with E-state index in [0.717, 1.165) is 88.1 Å². The van der Waals surface area contributed by atoms with Crippen LogP contribution in [-0.2, 0) is 19.4 Å². The molecule has 2 aliphatic rings. The molecule has 0 radical (unpaired) electrons. The van der Waals surface area contributed by atoms with E-state index in [-0.39, 0.29) is 35.8 Å². The maximum Gasteiger partial charge on any atom is 0.191 e. The van der Waals surface area contributed by atoms with Gasteiger partial charge in [-0.15, -0.1) is 34.2 Å². The molecule has 2 aliphatic heterocycles. The Hall–Kier alpha value is -1.91. The normalized spacial score (nSPS) is 18.8. The summed E-state index contributed by atoms with van der Waals surface area (Å²) in [6.07, 6.45) is 8.79. The molecule has 182 valence electrons. The summed E-state index contributed by atoms with van der Waals surface area (Å²) in [7, 11) is 0. The van der Waals surface area contributed by atoms with Gasteiger partial charge >= 0.3 is 0 Å². The van der Waals surface area contributed by atoms with Crippen LogP contribution in [0.15, 0.2) is 29.3 Å². The average molecular weight is 570 g/mol. The number of guanidine groups is 1. The number of halogens is 2. The van der Waals surface area contributed by atoms with Gasteiger partial charge in [0.15, 0.2) is 5.96 Å². The second-order valence-corrected chi connectivity index (χ2v) is 8.77. The van der Waals surface area contributed by atoms with Crippen molar-refractivity contribution in [3.63, 3.8) is 0 Å². The Morgan fingerprint density at radius 1 is 1.18 bits per heavy atom. The van der Waals surface area contributed by atoms with Gasteiger partial charge in [-0.1, -0.05) is 12.5 Å². The molecule has 1 aromatic carbocycles. The van der Waals surface area contributed by atoms with Crippen LogP contribution in [0.4, 0.5) is 10.1 Å². The Morgan fingerprint density at radius 2 is 2.09 bits per heavy atom. The average Bonchev–Trinajstić information content (AvgIpc) is 3.02. The minimum absolute atomic E-state index is 0. The lowest BCUT2D eigenvalue weighted by Gasteiger charge is -2.35. The fourth-order valence-electron chi connectivity index (χ4n) is 4.67. The van der Waals surface area contributed by atoms with Crippen molar-refractivity contribution in [3.05, 3.63) is 41.7 Å². The largest absolute Gasteiger partial charge is 0.369 e. The summed E-state index contributed by atoms with van der Waals surface area (Å²) in [6.45, 7) is 6.51. The zero-order valence-corrected chi connectivity index (χ0v) is 21.9. The molecule has 7 nitrogen and oxygen atoms in total. The lowest BCUT2D eigenvalue weighted by molar-refractivity contribution is 0.467. The third kappa shape index (κ3) is 7.28. The molecule has 33 heavy (non-hydrogen) atoms. The molecule has 1 unspecified atom stereocenters. The van der Waals surface area contributed by atoms with Gasteiger partial charge in [0, 0.05) is 57.3 Å². The minimum Gasteiger partial charge on any atom is -0.369 e. The van der Waals surface area contributed by atoms with Gasteiger partial charge in [0.05, 0.1) is 0 Å². The van der Waals surface area contributed by atoms with Gasteiger partial charge in [-0.3, -0.25) is 4.99 Å². The van der Waals surface area contributed by atoms with Crippen molar-refractivity contribution < 1.29 is 4.39 Å². The smallest absolute Gasteiger partial charge is 0.191 e. The number of aromatic nitrogens is 3. The number of nitrogens with one attached hydrogen (secondary N) is 2. The first-order valence-electron chi connectivity index (χ1n) is 12.2. The van der Waals surface area contributed by atoms with Gasteiger partial charge in [-0.2, -0.15) is 0 Å². The predicted octanol–water partition coefficient (Wildman–Crippen LogP) is 3.92. The molecule has 2 aromatic rings. The van der Waals surface area contributed by atoms with Crippen LogP contribution in [0.2, 0.25) is 0 Å². The van der Waals surface area contributed by atoms with E-state index in [9.17, 15) is 4.39 Å². The summed E-state index contributed by atoms with van der Waals surface area (Å²) < 4.78 is 16.0. The zero-order valence-electron chi connectivity index (χ0n) is 19.6. The van der Waals surface area contributed by atoms with E-state index in [2.05, 4.69) is 37.2 Å². The highest BCUT2D eigenvalue weighted by molar-refractivity contribution is 14.0. The van der Waals surface area contributed by atoms with Crippen LogP contribution in [0.5, 0.6) is 0 Å². The second kappa shape index (κ2) is 13.1. The third-order valence-corrected chi connectivity index (χ3v) is 6.29. The first-order chi connectivity index (χ1) is 15.7. The first-order valence-corrected chi connectivity index (χ1v) is 12.2. The number of aryl methyl sites for hydroxylation is 2. The molecular weight excluding hydrogens is 532 g/mol. The number of nitrogens with zero attached hydrogens (tertiary/aromatic N) is 5. The number of piperidine rings is 1. The lowest BCUT2D eigenvalue weighted by atomic mass is 10.0. The van der Waals surface area contributed by atoms with E-state index in [1.54, 1.807) is 12.1 Å². The Bertz CT molecular complexity index is 901. The van der Waals surface area contributed by atoms with Crippen LogP contribution in [0.1, 0.15) is 57.1 Å². The molecule has 9 heteroatoms. The number of rotatable bonds is 7. The quantitative estimate of drug-likeness (QED) is 0.229. The van der Waals surface area contributed by atoms with Crippen molar-refractivity contribution in [2.24, 2.45) is 4.99 Å². The van der Waals surface area contributed by atoms with Crippen LogP contribution in [0, 0.1) is 5.82 Å². The number of anilines is 1. The van der Waals surface area contributed by atoms with Crippen LogP contribution in [-0.4, -0.2) is 52.9 Å². The van der Waals surface area contributed by atoms with E-state index >= 15 is 0 Å². The van der Waals surface area contributed by atoms with Gasteiger partial charge in [-0.25, -0.2) is 4.39 Å². The van der Waals surface area contributed by atoms with Crippen LogP contribution < -0.4 is 15.5 Å². The van der Waals surface area contributed by atoms with Gasteiger partial charge < -0.3 is 20.1 Å². The molecule has 1 fully saturated rings. The fraction of sp³-hybridized carbons (Fsp3) is 0.625. The molecular formula is C24H37FIN7. The molecule has 0 bridgehead atoms. The first kappa shape index (κ1) is 25.7. The van der Waals surface area contributed by atoms with Crippen molar-refractivity contribution in [1.82, 2.24) is 25.4 Å². The summed E-state index contributed by atoms with van der Waals surface area (Å²) in [4.78, 5) is 7.06. The summed E-state index contributed by atoms with van der Waals surface area (Å²) in [5, 5.41) is 15.8. The fourth-order valence-corrected chi connectivity index (χ4v) is 4.67. The molecule has 1 saturated heterocycles. The van der Waals surface area contributed by atoms with Crippen molar-refractivity contribution in [3.8, 4) is 0 Å². The molecule has 1 atom stereocenters. The van der Waals surface area contributed by atoms with E-state index in [1.807, 2.05) is 6.07 Å². The molecule has 0 saturated carbocycles. The summed E-state index contributed by atoms with van der Waals surface area (Å²) in [5.41, 5.74) is 0.950. The van der Waals surface area contributed by atoms with Gasteiger partial charge in [-0.05, 0) is 57.2 Å². The second-order valence-electron chi connectivity index (χ2n) is 8.77. The van der Waals surface area contributed by atoms with Crippen LogP contribution in [0.25, 0.3) is 0 Å². The van der Waals surface area contributed by atoms with Crippen LogP contribution >= 0.6 is 24.0 Å². The summed E-state index contributed by atoms with van der Waals surface area (Å²) in [5.74, 6) is 2.93. The van der Waals surface area contributed by atoms with Gasteiger partial charge in [0.1, 0.15) is 17.5 Å². The van der Waals surface area contributed by atoms with Crippen LogP contribution in [0.3, 0.4) is 0 Å². The monoisotopic (exact) mass is 569 g/mol. The van der Waals surface area contributed by atoms with E-state index in [0.29, 0.717) is 0 Å². The lowest BCUT2D eigenvalue weighted by Crippen LogP contribution is -2.51. The van der Waals surface area contributed by atoms with Gasteiger partial charge in [0.2, 0.25) is 0 Å². The standard InChI is InChI=1S/C24H36FN7.HI/c1-2-26-24(27-14-7-13-23-30-29-22-12-4-3-5-16-32(22)23)28-20-10-8-15-31(18-20)21-11-6-9-19(25)17-21;/h6,9,11,17,20H,2-5,7-8,10,12-16,18H2,1H3,(H2,26,27,28);1H. The number of fused-ring (bicyclic) bond motifs is 1. The molecule has 4 rings (SSSR count). The summed E-state index contributed by atoms with van der Waals surface area (Å²) in [6, 6.07) is 7.16. The molecule has 3 heterocycles. The Morgan fingerprint density at radius 3 is 2.94 bits per heavy atom. The number of hydrogen-bond donors (Lipinski definition) is 2. The third-order valence-electron chi connectivity index (χ3n) is 6.29. The Labute approximate surface area is 213 Å². The predicted molar refractivity (Wildman–Crippen MR) is 142 cm³/mol. The highest BCUT2D eigenvalue weighted by atomic mass is 127. The highest BCUT2D eigenvalue weighted by Crippen LogP contribution is 2.21. The van der Waals surface area contributed by atoms with Gasteiger partial charge in [0.25, 0.3) is 0 Å². The van der Waals surface area contributed by atoms with E-state index in [4.69, 9.17) is 4.99 Å². The molecule has 0 spiro atoms. The molecule has 1 aromatic heterocycles. The number of aliphatic imine (C=N–C) groups is 1. The Balaban J connectivity index is 0.00000306.